The highest BCUT2D eigenvalue weighted by Crippen LogP contribution is 2.42. The van der Waals surface area contributed by atoms with Gasteiger partial charge in [0.25, 0.3) is 0 Å². The number of rotatable bonds is 9. The second kappa shape index (κ2) is 18.7. The molecular weight excluding hydrogens is 448 g/mol. The molecule has 2 saturated carbocycles. The molecule has 1 heterocycles. The molecule has 1 unspecified atom stereocenters. The van der Waals surface area contributed by atoms with Crippen molar-refractivity contribution in [3.8, 4) is 0 Å². The summed E-state index contributed by atoms with van der Waals surface area (Å²) in [6, 6.07) is 1.41. The van der Waals surface area contributed by atoms with Crippen molar-refractivity contribution in [2.75, 3.05) is 7.05 Å². The Morgan fingerprint density at radius 3 is 1.49 bits per heavy atom. The van der Waals surface area contributed by atoms with Crippen molar-refractivity contribution in [2.24, 2.45) is 5.92 Å². The molecule has 2 aliphatic carbocycles. The van der Waals surface area contributed by atoms with Gasteiger partial charge in [0.2, 0.25) is 0 Å². The van der Waals surface area contributed by atoms with Gasteiger partial charge in [-0.05, 0) is 56.4 Å². The Hall–Kier alpha value is -0.500. The summed E-state index contributed by atoms with van der Waals surface area (Å²) in [7, 11) is 2.51. The van der Waals surface area contributed by atoms with Crippen molar-refractivity contribution in [2.45, 2.75) is 199 Å². The van der Waals surface area contributed by atoms with Crippen LogP contribution in [0.2, 0.25) is 0 Å². The van der Waals surface area contributed by atoms with Crippen molar-refractivity contribution in [3.63, 3.8) is 0 Å². The zero-order valence-electron chi connectivity index (χ0n) is 25.7. The molecule has 0 aromatic rings. The van der Waals surface area contributed by atoms with Crippen LogP contribution in [0.5, 0.6) is 0 Å². The number of nitrogens with zero attached hydrogens (tertiary/aromatic N) is 2. The fraction of sp³-hybridized carbons (Fsp3) is 0.943. The quantitative estimate of drug-likeness (QED) is 0.302. The Morgan fingerprint density at radius 2 is 1.00 bits per heavy atom. The molecule has 0 aromatic carbocycles. The summed E-state index contributed by atoms with van der Waals surface area (Å²) in [6.45, 7) is 4.79. The highest BCUT2D eigenvalue weighted by atomic mass is 15.7. The maximum Gasteiger partial charge on any atom is 0.0522 e. The Morgan fingerprint density at radius 1 is 0.568 bits per heavy atom. The summed E-state index contributed by atoms with van der Waals surface area (Å²) < 4.78 is 0. The van der Waals surface area contributed by atoms with Crippen LogP contribution in [-0.2, 0) is 0 Å². The molecule has 216 valence electrons. The van der Waals surface area contributed by atoms with Gasteiger partial charge < -0.3 is 5.01 Å². The van der Waals surface area contributed by atoms with E-state index in [1.54, 1.807) is 5.70 Å². The minimum atomic E-state index is 0.674. The SMILES string of the molecule is CCCCC1=C(CCCC)N(C2CCCCCCCCCCC2)N(C)C1CC1CCCCCCCCC1. The van der Waals surface area contributed by atoms with E-state index in [-0.39, 0.29) is 0 Å². The molecule has 2 fully saturated rings. The molecule has 0 radical (unpaired) electrons. The predicted molar refractivity (Wildman–Crippen MR) is 164 cm³/mol. The average Bonchev–Trinajstić information content (AvgIpc) is 3.15. The van der Waals surface area contributed by atoms with Crippen LogP contribution in [0.1, 0.15) is 187 Å². The van der Waals surface area contributed by atoms with E-state index in [1.165, 1.54) is 173 Å². The number of allylic oxidation sites excluding steroid dienone is 1. The van der Waals surface area contributed by atoms with Gasteiger partial charge >= 0.3 is 0 Å². The third-order valence-electron chi connectivity index (χ3n) is 10.1. The second-order valence-electron chi connectivity index (χ2n) is 13.2. The van der Waals surface area contributed by atoms with Crippen LogP contribution in [0.3, 0.4) is 0 Å². The van der Waals surface area contributed by atoms with Gasteiger partial charge in [-0.1, -0.05) is 142 Å². The number of hydrogen-bond acceptors (Lipinski definition) is 2. The second-order valence-corrected chi connectivity index (χ2v) is 13.2. The van der Waals surface area contributed by atoms with Gasteiger partial charge in [-0.2, -0.15) is 0 Å². The van der Waals surface area contributed by atoms with Gasteiger partial charge in [0.1, 0.15) is 0 Å². The lowest BCUT2D eigenvalue weighted by Gasteiger charge is -2.40. The van der Waals surface area contributed by atoms with Gasteiger partial charge in [-0.3, -0.25) is 0 Å². The van der Waals surface area contributed by atoms with Crippen LogP contribution < -0.4 is 0 Å². The van der Waals surface area contributed by atoms with Crippen LogP contribution in [-0.4, -0.2) is 29.1 Å². The summed E-state index contributed by atoms with van der Waals surface area (Å²) in [5.41, 5.74) is 3.67. The first kappa shape index (κ1) is 31.0. The average molecular weight is 515 g/mol. The van der Waals surface area contributed by atoms with E-state index >= 15 is 0 Å². The largest absolute Gasteiger partial charge is 0.307 e. The molecule has 0 saturated heterocycles. The Labute approximate surface area is 233 Å². The summed E-state index contributed by atoms with van der Waals surface area (Å²) in [4.78, 5) is 0. The molecule has 37 heavy (non-hydrogen) atoms. The van der Waals surface area contributed by atoms with Crippen molar-refractivity contribution in [1.29, 1.82) is 0 Å². The van der Waals surface area contributed by atoms with Crippen LogP contribution in [0.25, 0.3) is 0 Å². The molecule has 0 aromatic heterocycles. The van der Waals surface area contributed by atoms with Gasteiger partial charge in [0.15, 0.2) is 0 Å². The molecule has 3 rings (SSSR count). The number of likely N-dealkylation sites (N-methyl/N-ethyl adjacent to an activating group) is 1. The molecular formula is C35H66N2. The highest BCUT2D eigenvalue weighted by molar-refractivity contribution is 5.25. The van der Waals surface area contributed by atoms with Gasteiger partial charge in [-0.25, -0.2) is 5.01 Å². The summed E-state index contributed by atoms with van der Waals surface area (Å²) in [5, 5.41) is 5.77. The molecule has 0 N–H and O–H groups in total. The third-order valence-corrected chi connectivity index (χ3v) is 10.1. The summed E-state index contributed by atoms with van der Waals surface area (Å²) >= 11 is 0. The lowest BCUT2D eigenvalue weighted by atomic mass is 9.84. The van der Waals surface area contributed by atoms with Gasteiger partial charge in [0.05, 0.1) is 6.04 Å². The fourth-order valence-electron chi connectivity index (χ4n) is 7.81. The topological polar surface area (TPSA) is 6.48 Å². The predicted octanol–water partition coefficient (Wildman–Crippen LogP) is 11.4. The number of unbranched alkanes of at least 4 members (excludes halogenated alkanes) is 2. The smallest absolute Gasteiger partial charge is 0.0522 e. The van der Waals surface area contributed by atoms with E-state index in [4.69, 9.17) is 0 Å². The maximum atomic E-state index is 2.94. The first-order valence-corrected chi connectivity index (χ1v) is 17.5. The molecule has 3 aliphatic rings. The van der Waals surface area contributed by atoms with Crippen molar-refractivity contribution in [3.05, 3.63) is 11.3 Å². The van der Waals surface area contributed by atoms with E-state index in [1.807, 2.05) is 5.57 Å². The van der Waals surface area contributed by atoms with Crippen LogP contribution in [0.4, 0.5) is 0 Å². The van der Waals surface area contributed by atoms with E-state index in [9.17, 15) is 0 Å². The molecule has 0 spiro atoms. The Balaban J connectivity index is 1.81. The molecule has 2 nitrogen and oxygen atoms in total. The third kappa shape index (κ3) is 10.5. The zero-order valence-corrected chi connectivity index (χ0v) is 25.7. The zero-order chi connectivity index (χ0) is 26.1. The molecule has 1 atom stereocenters. The van der Waals surface area contributed by atoms with Gasteiger partial charge in [0, 0.05) is 18.8 Å². The number of hydrazine groups is 1. The highest BCUT2D eigenvalue weighted by Gasteiger charge is 2.39. The fourth-order valence-corrected chi connectivity index (χ4v) is 7.81. The first-order valence-electron chi connectivity index (χ1n) is 17.5. The van der Waals surface area contributed by atoms with E-state index < -0.39 is 0 Å². The van der Waals surface area contributed by atoms with Crippen LogP contribution in [0.15, 0.2) is 11.3 Å². The van der Waals surface area contributed by atoms with E-state index in [0.29, 0.717) is 6.04 Å². The standard InChI is InChI=1S/C35H66N2/c1-4-6-28-33-34(29-7-5-2)37(32-26-22-18-14-9-8-10-15-19-23-27-32)36(3)35(33)30-31-24-20-16-12-11-13-17-21-25-31/h31-32,35H,4-30H2,1-3H3. The van der Waals surface area contributed by atoms with Crippen molar-refractivity contribution in [1.82, 2.24) is 10.0 Å². The minimum absolute atomic E-state index is 0.674. The minimum Gasteiger partial charge on any atom is -0.307 e. The van der Waals surface area contributed by atoms with Crippen molar-refractivity contribution >= 4 is 0 Å². The van der Waals surface area contributed by atoms with E-state index in [2.05, 4.69) is 30.9 Å². The monoisotopic (exact) mass is 515 g/mol. The molecule has 0 amide bonds. The normalized spacial score (nSPS) is 25.7. The maximum absolute atomic E-state index is 2.94. The Kier molecular flexibility index (Phi) is 15.7. The lowest BCUT2D eigenvalue weighted by Crippen LogP contribution is -2.46. The van der Waals surface area contributed by atoms with Crippen LogP contribution >= 0.6 is 0 Å². The van der Waals surface area contributed by atoms with E-state index in [0.717, 1.165) is 12.0 Å². The summed E-state index contributed by atoms with van der Waals surface area (Å²) in [5.74, 6) is 0.936. The van der Waals surface area contributed by atoms with Gasteiger partial charge in [-0.15, -0.1) is 0 Å². The molecule has 2 heteroatoms. The summed E-state index contributed by atoms with van der Waals surface area (Å²) in [6.07, 6.45) is 38.8. The van der Waals surface area contributed by atoms with Crippen molar-refractivity contribution < 1.29 is 0 Å². The first-order chi connectivity index (χ1) is 18.3. The molecule has 1 aliphatic heterocycles. The van der Waals surface area contributed by atoms with Crippen LogP contribution in [0, 0.1) is 5.92 Å². The lowest BCUT2D eigenvalue weighted by molar-refractivity contribution is -0.0223. The molecule has 0 bridgehead atoms. The Bertz CT molecular complexity index is 588. The number of hydrogen-bond donors (Lipinski definition) is 0.